The minimum atomic E-state index is 0.192. The van der Waals surface area contributed by atoms with Crippen molar-refractivity contribution in [2.75, 3.05) is 32.7 Å². The summed E-state index contributed by atoms with van der Waals surface area (Å²) in [5.41, 5.74) is 2.12. The molecule has 0 spiro atoms. The lowest BCUT2D eigenvalue weighted by atomic mass is 9.81. The molecule has 1 aliphatic rings. The summed E-state index contributed by atoms with van der Waals surface area (Å²) in [5, 5.41) is 3.56. The van der Waals surface area contributed by atoms with Crippen LogP contribution in [0.25, 0.3) is 0 Å². The molecule has 1 aromatic carbocycles. The molecule has 0 bridgehead atoms. The van der Waals surface area contributed by atoms with E-state index in [0.717, 1.165) is 19.6 Å². The lowest BCUT2D eigenvalue weighted by Crippen LogP contribution is -2.45. The molecule has 0 amide bonds. The molecule has 0 aliphatic carbocycles. The molecule has 1 aromatic rings. The molecule has 2 heteroatoms. The Hall–Kier alpha value is -0.860. The van der Waals surface area contributed by atoms with E-state index >= 15 is 0 Å². The smallest absolute Gasteiger partial charge is 0.0177 e. The Bertz CT molecular complexity index is 413. The lowest BCUT2D eigenvalue weighted by molar-refractivity contribution is 0.229. The zero-order valence-corrected chi connectivity index (χ0v) is 13.6. The van der Waals surface area contributed by atoms with E-state index in [1.54, 1.807) is 0 Å². The molecule has 0 radical (unpaired) electrons. The number of likely N-dealkylation sites (tertiary alicyclic amines) is 1. The van der Waals surface area contributed by atoms with Gasteiger partial charge in [0.05, 0.1) is 0 Å². The van der Waals surface area contributed by atoms with Crippen LogP contribution in [-0.2, 0) is 5.41 Å². The molecule has 1 heterocycles. The fraction of sp³-hybridized carbons (Fsp3) is 0.667. The Kier molecular flexibility index (Phi) is 4.87. The molecule has 2 rings (SSSR count). The first-order valence-electron chi connectivity index (χ1n) is 7.94. The highest BCUT2D eigenvalue weighted by atomic mass is 15.2. The molecule has 1 unspecified atom stereocenters. The number of rotatable bonds is 6. The quantitative estimate of drug-likeness (QED) is 0.856. The summed E-state index contributed by atoms with van der Waals surface area (Å²) in [6.45, 7) is 15.0. The van der Waals surface area contributed by atoms with E-state index in [1.807, 2.05) is 0 Å². The van der Waals surface area contributed by atoms with Crippen LogP contribution in [-0.4, -0.2) is 37.6 Å². The van der Waals surface area contributed by atoms with Crippen LogP contribution in [0.2, 0.25) is 0 Å². The third kappa shape index (κ3) is 3.83. The maximum absolute atomic E-state index is 3.56. The van der Waals surface area contributed by atoms with Gasteiger partial charge in [-0.1, -0.05) is 58.0 Å². The second-order valence-corrected chi connectivity index (χ2v) is 7.33. The van der Waals surface area contributed by atoms with E-state index in [9.17, 15) is 0 Å². The van der Waals surface area contributed by atoms with Gasteiger partial charge in [0.2, 0.25) is 0 Å². The van der Waals surface area contributed by atoms with E-state index in [2.05, 4.69) is 68.2 Å². The first-order valence-corrected chi connectivity index (χ1v) is 7.94. The molecule has 1 N–H and O–H groups in total. The van der Waals surface area contributed by atoms with Crippen LogP contribution < -0.4 is 5.32 Å². The van der Waals surface area contributed by atoms with Crippen LogP contribution in [0.3, 0.4) is 0 Å². The average molecular weight is 274 g/mol. The van der Waals surface area contributed by atoms with Crippen LogP contribution in [0.1, 0.15) is 39.7 Å². The Morgan fingerprint density at radius 1 is 1.25 bits per heavy atom. The van der Waals surface area contributed by atoms with Crippen molar-refractivity contribution in [3.63, 3.8) is 0 Å². The van der Waals surface area contributed by atoms with Gasteiger partial charge in [-0.25, -0.2) is 0 Å². The molecule has 1 atom stereocenters. The van der Waals surface area contributed by atoms with Gasteiger partial charge in [-0.2, -0.15) is 0 Å². The highest BCUT2D eigenvalue weighted by Gasteiger charge is 2.35. The summed E-state index contributed by atoms with van der Waals surface area (Å²) in [5.74, 6) is 0. The normalized spacial score (nSPS) is 21.8. The van der Waals surface area contributed by atoms with Gasteiger partial charge in [-0.3, -0.25) is 0 Å². The monoisotopic (exact) mass is 274 g/mol. The van der Waals surface area contributed by atoms with Gasteiger partial charge in [-0.15, -0.1) is 0 Å². The number of likely N-dealkylation sites (N-methyl/N-ethyl adjacent to an activating group) is 1. The highest BCUT2D eigenvalue weighted by molar-refractivity contribution is 5.26. The van der Waals surface area contributed by atoms with Crippen molar-refractivity contribution in [3.8, 4) is 0 Å². The predicted octanol–water partition coefficient (Wildman–Crippen LogP) is 3.29. The second kappa shape index (κ2) is 6.28. The number of nitrogens with one attached hydrogen (secondary N) is 1. The SMILES string of the molecule is CCNCC(C)(CN1CCC(C)(C)C1)c1ccccc1. The summed E-state index contributed by atoms with van der Waals surface area (Å²) in [6, 6.07) is 11.0. The summed E-state index contributed by atoms with van der Waals surface area (Å²) in [4.78, 5) is 2.64. The van der Waals surface area contributed by atoms with E-state index in [0.29, 0.717) is 5.41 Å². The zero-order chi connectivity index (χ0) is 14.6. The zero-order valence-electron chi connectivity index (χ0n) is 13.6. The summed E-state index contributed by atoms with van der Waals surface area (Å²) in [6.07, 6.45) is 1.32. The van der Waals surface area contributed by atoms with E-state index < -0.39 is 0 Å². The Labute approximate surface area is 124 Å². The van der Waals surface area contributed by atoms with Gasteiger partial charge < -0.3 is 10.2 Å². The van der Waals surface area contributed by atoms with Crippen LogP contribution in [0.5, 0.6) is 0 Å². The van der Waals surface area contributed by atoms with Gasteiger partial charge in [0.15, 0.2) is 0 Å². The summed E-state index contributed by atoms with van der Waals surface area (Å²) in [7, 11) is 0. The van der Waals surface area contributed by atoms with Crippen molar-refractivity contribution in [1.82, 2.24) is 10.2 Å². The predicted molar refractivity (Wildman–Crippen MR) is 87.2 cm³/mol. The van der Waals surface area contributed by atoms with E-state index in [4.69, 9.17) is 0 Å². The maximum atomic E-state index is 3.56. The highest BCUT2D eigenvalue weighted by Crippen LogP contribution is 2.32. The van der Waals surface area contributed by atoms with Crippen LogP contribution >= 0.6 is 0 Å². The molecule has 20 heavy (non-hydrogen) atoms. The fourth-order valence-electron chi connectivity index (χ4n) is 3.34. The van der Waals surface area contributed by atoms with Gasteiger partial charge in [0.25, 0.3) is 0 Å². The Morgan fingerprint density at radius 2 is 1.95 bits per heavy atom. The molecule has 1 fully saturated rings. The number of hydrogen-bond donors (Lipinski definition) is 1. The topological polar surface area (TPSA) is 15.3 Å². The largest absolute Gasteiger partial charge is 0.316 e. The number of benzene rings is 1. The third-order valence-corrected chi connectivity index (χ3v) is 4.56. The molecule has 0 saturated carbocycles. The molecule has 2 nitrogen and oxygen atoms in total. The standard InChI is InChI=1S/C18H30N2/c1-5-19-13-18(4,16-9-7-6-8-10-16)15-20-12-11-17(2,3)14-20/h6-10,19H,5,11-15H2,1-4H3. The molecular weight excluding hydrogens is 244 g/mol. The number of hydrogen-bond acceptors (Lipinski definition) is 2. The van der Waals surface area contributed by atoms with Gasteiger partial charge in [0.1, 0.15) is 0 Å². The summed E-state index contributed by atoms with van der Waals surface area (Å²) < 4.78 is 0. The Balaban J connectivity index is 2.11. The molecule has 1 saturated heterocycles. The van der Waals surface area contributed by atoms with Crippen molar-refractivity contribution in [1.29, 1.82) is 0 Å². The lowest BCUT2D eigenvalue weighted by Gasteiger charge is -2.35. The fourth-order valence-corrected chi connectivity index (χ4v) is 3.34. The van der Waals surface area contributed by atoms with E-state index in [-0.39, 0.29) is 5.41 Å². The van der Waals surface area contributed by atoms with Crippen molar-refractivity contribution in [3.05, 3.63) is 35.9 Å². The van der Waals surface area contributed by atoms with Gasteiger partial charge >= 0.3 is 0 Å². The minimum absolute atomic E-state index is 0.192. The molecule has 0 aromatic heterocycles. The first-order chi connectivity index (χ1) is 9.45. The van der Waals surface area contributed by atoms with Gasteiger partial charge in [-0.05, 0) is 30.5 Å². The van der Waals surface area contributed by atoms with E-state index in [1.165, 1.54) is 25.1 Å². The van der Waals surface area contributed by atoms with Gasteiger partial charge in [0, 0.05) is 25.0 Å². The van der Waals surface area contributed by atoms with Crippen molar-refractivity contribution < 1.29 is 0 Å². The third-order valence-electron chi connectivity index (χ3n) is 4.56. The molecule has 112 valence electrons. The van der Waals surface area contributed by atoms with Crippen molar-refractivity contribution in [2.45, 2.75) is 39.5 Å². The van der Waals surface area contributed by atoms with Crippen LogP contribution in [0.4, 0.5) is 0 Å². The molecular formula is C18H30N2. The average Bonchev–Trinajstić information content (AvgIpc) is 2.76. The second-order valence-electron chi connectivity index (χ2n) is 7.33. The minimum Gasteiger partial charge on any atom is -0.316 e. The first kappa shape index (κ1) is 15.5. The van der Waals surface area contributed by atoms with Crippen LogP contribution in [0.15, 0.2) is 30.3 Å². The maximum Gasteiger partial charge on any atom is 0.0177 e. The van der Waals surface area contributed by atoms with Crippen molar-refractivity contribution >= 4 is 0 Å². The molecule has 1 aliphatic heterocycles. The van der Waals surface area contributed by atoms with Crippen LogP contribution in [0, 0.1) is 5.41 Å². The Morgan fingerprint density at radius 3 is 2.50 bits per heavy atom. The summed E-state index contributed by atoms with van der Waals surface area (Å²) >= 11 is 0. The number of nitrogens with zero attached hydrogens (tertiary/aromatic N) is 1. The van der Waals surface area contributed by atoms with Crippen molar-refractivity contribution in [2.24, 2.45) is 5.41 Å².